The molecule has 0 bridgehead atoms. The van der Waals surface area contributed by atoms with Crippen LogP contribution in [0.3, 0.4) is 0 Å². The van der Waals surface area contributed by atoms with Crippen LogP contribution >= 0.6 is 0 Å². The minimum atomic E-state index is -1.01. The molecule has 4 rings (SSSR count). The number of nitrogens with two attached hydrogens (primary N) is 1. The summed E-state index contributed by atoms with van der Waals surface area (Å²) >= 11 is 0. The number of carbonyl (C=O) groups is 1. The highest BCUT2D eigenvalue weighted by molar-refractivity contribution is 5.86. The summed E-state index contributed by atoms with van der Waals surface area (Å²) in [4.78, 5) is 24.4. The number of halogens is 1. The number of fused-ring (bicyclic) bond motifs is 1. The molecule has 2 aromatic rings. The number of likely N-dealkylation sites (tertiary alicyclic amines) is 1. The molecule has 0 spiro atoms. The zero-order valence-electron chi connectivity index (χ0n) is 14.4. The summed E-state index contributed by atoms with van der Waals surface area (Å²) in [6, 6.07) is 4.70. The number of hydrogen-bond donors (Lipinski definition) is 1. The molecule has 1 aromatic carbocycles. The van der Waals surface area contributed by atoms with Crippen LogP contribution in [0.15, 0.2) is 18.2 Å². The van der Waals surface area contributed by atoms with E-state index in [9.17, 15) is 9.18 Å². The van der Waals surface area contributed by atoms with Crippen LogP contribution in [-0.2, 0) is 11.3 Å². The summed E-state index contributed by atoms with van der Waals surface area (Å²) < 4.78 is 15.6. The molecule has 2 aliphatic heterocycles. The van der Waals surface area contributed by atoms with Crippen LogP contribution < -0.4 is 10.6 Å². The highest BCUT2D eigenvalue weighted by atomic mass is 19.1. The number of piperidine rings is 1. The predicted octanol–water partition coefficient (Wildman–Crippen LogP) is 1.69. The molecular formula is C18H21FN6O. The number of imidazole rings is 1. The smallest absolute Gasteiger partial charge is 0.242 e. The van der Waals surface area contributed by atoms with Crippen molar-refractivity contribution in [3.63, 3.8) is 0 Å². The molecule has 2 fully saturated rings. The largest absolute Gasteiger partial charge is 0.341 e. The van der Waals surface area contributed by atoms with Gasteiger partial charge in [-0.2, -0.15) is 0 Å². The Bertz CT molecular complexity index is 884. The van der Waals surface area contributed by atoms with Crippen molar-refractivity contribution >= 4 is 28.6 Å². The Balaban J connectivity index is 1.73. The third-order valence-corrected chi connectivity index (χ3v) is 5.20. The Labute approximate surface area is 151 Å². The van der Waals surface area contributed by atoms with Gasteiger partial charge in [-0.05, 0) is 25.0 Å². The van der Waals surface area contributed by atoms with Crippen LogP contribution in [0.5, 0.6) is 0 Å². The van der Waals surface area contributed by atoms with Gasteiger partial charge in [0.05, 0.1) is 23.6 Å². The van der Waals surface area contributed by atoms with Crippen molar-refractivity contribution in [2.45, 2.75) is 31.6 Å². The zero-order chi connectivity index (χ0) is 18.3. The number of hydrogen-bond acceptors (Lipinski definition) is 4. The second-order valence-corrected chi connectivity index (χ2v) is 6.93. The minimum absolute atomic E-state index is 0.0516. The van der Waals surface area contributed by atoms with Gasteiger partial charge in [0.25, 0.3) is 0 Å². The summed E-state index contributed by atoms with van der Waals surface area (Å²) in [5.74, 6) is 0.675. The highest BCUT2D eigenvalue weighted by Crippen LogP contribution is 2.29. The van der Waals surface area contributed by atoms with Gasteiger partial charge in [0.15, 0.2) is 5.69 Å². The van der Waals surface area contributed by atoms with E-state index in [4.69, 9.17) is 12.3 Å². The van der Waals surface area contributed by atoms with Gasteiger partial charge in [-0.3, -0.25) is 4.79 Å². The van der Waals surface area contributed by atoms with Crippen molar-refractivity contribution < 1.29 is 9.18 Å². The van der Waals surface area contributed by atoms with Crippen molar-refractivity contribution in [3.8, 4) is 0 Å². The molecule has 0 unspecified atom stereocenters. The summed E-state index contributed by atoms with van der Waals surface area (Å²) in [7, 11) is 0. The SMILES string of the molecule is [C-]#[N+]c1ccc2c(c1)nc(N1CC[C@H](F)[C@H](N)C1)n2CC(=O)N1CCC1. The Morgan fingerprint density at radius 2 is 2.19 bits per heavy atom. The van der Waals surface area contributed by atoms with Crippen LogP contribution in [0.4, 0.5) is 16.0 Å². The maximum atomic E-state index is 13.8. The molecule has 0 saturated carbocycles. The highest BCUT2D eigenvalue weighted by Gasteiger charge is 2.30. The molecular weight excluding hydrogens is 335 g/mol. The van der Waals surface area contributed by atoms with Crippen molar-refractivity contribution in [1.82, 2.24) is 14.5 Å². The van der Waals surface area contributed by atoms with Gasteiger partial charge in [0, 0.05) is 26.2 Å². The number of anilines is 1. The van der Waals surface area contributed by atoms with Crippen LogP contribution in [-0.4, -0.2) is 58.8 Å². The molecule has 26 heavy (non-hydrogen) atoms. The Morgan fingerprint density at radius 1 is 1.38 bits per heavy atom. The van der Waals surface area contributed by atoms with Crippen LogP contribution in [0, 0.1) is 6.57 Å². The number of nitrogens with zero attached hydrogens (tertiary/aromatic N) is 5. The fraction of sp³-hybridized carbons (Fsp3) is 0.500. The number of rotatable bonds is 3. The van der Waals surface area contributed by atoms with Crippen molar-refractivity contribution in [2.75, 3.05) is 31.1 Å². The van der Waals surface area contributed by atoms with Gasteiger partial charge >= 0.3 is 0 Å². The summed E-state index contributed by atoms with van der Waals surface area (Å²) in [5, 5.41) is 0. The van der Waals surface area contributed by atoms with E-state index < -0.39 is 12.2 Å². The summed E-state index contributed by atoms with van der Waals surface area (Å²) in [6.45, 7) is 9.83. The van der Waals surface area contributed by atoms with Crippen molar-refractivity contribution in [3.05, 3.63) is 29.6 Å². The maximum absolute atomic E-state index is 13.8. The monoisotopic (exact) mass is 356 g/mol. The lowest BCUT2D eigenvalue weighted by atomic mass is 10.1. The first-order valence-electron chi connectivity index (χ1n) is 8.87. The topological polar surface area (TPSA) is 71.8 Å². The second-order valence-electron chi connectivity index (χ2n) is 6.93. The molecule has 1 aromatic heterocycles. The predicted molar refractivity (Wildman–Crippen MR) is 96.9 cm³/mol. The Morgan fingerprint density at radius 3 is 2.85 bits per heavy atom. The molecule has 2 aliphatic rings. The normalized spacial score (nSPS) is 23.0. The summed E-state index contributed by atoms with van der Waals surface area (Å²) in [6.07, 6.45) is 0.370. The van der Waals surface area contributed by atoms with Gasteiger partial charge in [-0.25, -0.2) is 14.2 Å². The second kappa shape index (κ2) is 6.57. The van der Waals surface area contributed by atoms with Gasteiger partial charge in [0.1, 0.15) is 12.7 Å². The lowest BCUT2D eigenvalue weighted by molar-refractivity contribution is -0.135. The number of amides is 1. The number of aromatic nitrogens is 2. The standard InChI is InChI=1S/C18H21FN6O/c1-21-12-3-4-16-15(9-12)22-18(24-8-5-13(19)14(20)10-24)25(16)11-17(26)23-6-2-7-23/h3-4,9,13-14H,2,5-8,10-11,20H2/t13-,14+/m0/s1. The first-order valence-corrected chi connectivity index (χ1v) is 8.87. The first kappa shape index (κ1) is 16.8. The molecule has 2 saturated heterocycles. The van der Waals surface area contributed by atoms with Crippen molar-refractivity contribution in [2.24, 2.45) is 5.73 Å². The van der Waals surface area contributed by atoms with Gasteiger partial charge in [-0.15, -0.1) is 0 Å². The molecule has 8 heteroatoms. The van der Waals surface area contributed by atoms with E-state index in [2.05, 4.69) is 9.83 Å². The maximum Gasteiger partial charge on any atom is 0.242 e. The van der Waals surface area contributed by atoms with E-state index in [1.54, 1.807) is 12.1 Å². The van der Waals surface area contributed by atoms with E-state index in [0.717, 1.165) is 25.0 Å². The van der Waals surface area contributed by atoms with E-state index in [0.29, 0.717) is 36.7 Å². The van der Waals surface area contributed by atoms with E-state index >= 15 is 0 Å². The molecule has 0 radical (unpaired) electrons. The van der Waals surface area contributed by atoms with Gasteiger partial charge in [0.2, 0.25) is 11.9 Å². The van der Waals surface area contributed by atoms with E-state index in [1.165, 1.54) is 0 Å². The number of alkyl halides is 1. The number of benzene rings is 1. The molecule has 2 atom stereocenters. The minimum Gasteiger partial charge on any atom is -0.341 e. The van der Waals surface area contributed by atoms with Crippen LogP contribution in [0.1, 0.15) is 12.8 Å². The van der Waals surface area contributed by atoms with E-state index in [-0.39, 0.29) is 12.5 Å². The average molecular weight is 356 g/mol. The number of carbonyl (C=O) groups excluding carboxylic acids is 1. The quantitative estimate of drug-likeness (QED) is 0.850. The summed E-state index contributed by atoms with van der Waals surface area (Å²) in [5.41, 5.74) is 7.88. The molecule has 1 amide bonds. The first-order chi connectivity index (χ1) is 12.6. The average Bonchev–Trinajstić information content (AvgIpc) is 2.93. The Kier molecular flexibility index (Phi) is 4.24. The fourth-order valence-corrected chi connectivity index (χ4v) is 3.51. The lowest BCUT2D eigenvalue weighted by Crippen LogP contribution is -2.50. The molecule has 2 N–H and O–H groups in total. The third kappa shape index (κ3) is 2.88. The molecule has 0 aliphatic carbocycles. The lowest BCUT2D eigenvalue weighted by Gasteiger charge is -2.35. The van der Waals surface area contributed by atoms with E-state index in [1.807, 2.05) is 20.4 Å². The van der Waals surface area contributed by atoms with Crippen LogP contribution in [0.25, 0.3) is 15.9 Å². The van der Waals surface area contributed by atoms with Crippen LogP contribution in [0.2, 0.25) is 0 Å². The third-order valence-electron chi connectivity index (χ3n) is 5.20. The molecule has 3 heterocycles. The van der Waals surface area contributed by atoms with Gasteiger partial charge in [-0.1, -0.05) is 6.07 Å². The van der Waals surface area contributed by atoms with Gasteiger partial charge < -0.3 is 20.1 Å². The Hall–Kier alpha value is -2.66. The fourth-order valence-electron chi connectivity index (χ4n) is 3.51. The van der Waals surface area contributed by atoms with Crippen molar-refractivity contribution in [1.29, 1.82) is 0 Å². The molecule has 7 nitrogen and oxygen atoms in total. The zero-order valence-corrected chi connectivity index (χ0v) is 14.4. The molecule has 136 valence electrons.